The summed E-state index contributed by atoms with van der Waals surface area (Å²) in [6, 6.07) is 11.5. The van der Waals surface area contributed by atoms with Crippen molar-refractivity contribution in [2.45, 2.75) is 19.9 Å². The van der Waals surface area contributed by atoms with Gasteiger partial charge in [-0.05, 0) is 32.0 Å². The van der Waals surface area contributed by atoms with Crippen LogP contribution >= 0.6 is 11.6 Å². The molecule has 1 N–H and O–H groups in total. The summed E-state index contributed by atoms with van der Waals surface area (Å²) in [6.07, 6.45) is 0. The first-order valence-corrected chi connectivity index (χ1v) is 9.95. The number of fused-ring (bicyclic) bond motifs is 3. The summed E-state index contributed by atoms with van der Waals surface area (Å²) >= 11 is 6.23. The summed E-state index contributed by atoms with van der Waals surface area (Å²) in [6.45, 7) is 3.58. The molecule has 0 aliphatic rings. The molecule has 0 fully saturated rings. The Kier molecular flexibility index (Phi) is 5.32. The van der Waals surface area contributed by atoms with Gasteiger partial charge >= 0.3 is 0 Å². The SMILES string of the molecule is COc1cc(OC)c(NC(=O)[C@H](C)n2c3ccccc3c3nc(=O)cc(C)n32)cc1Cl. The zero-order chi connectivity index (χ0) is 22.3. The number of aryl methyl sites for hydroxylation is 1. The Hall–Kier alpha value is -3.52. The summed E-state index contributed by atoms with van der Waals surface area (Å²) < 4.78 is 14.2. The predicted molar refractivity (Wildman–Crippen MR) is 120 cm³/mol. The second-order valence-corrected chi connectivity index (χ2v) is 7.49. The zero-order valence-electron chi connectivity index (χ0n) is 17.5. The molecule has 2 heterocycles. The lowest BCUT2D eigenvalue weighted by Gasteiger charge is -2.19. The zero-order valence-corrected chi connectivity index (χ0v) is 18.2. The second kappa shape index (κ2) is 7.96. The van der Waals surface area contributed by atoms with Crippen LogP contribution in [0.4, 0.5) is 5.69 Å². The average molecular weight is 441 g/mol. The molecule has 0 radical (unpaired) electrons. The molecule has 160 valence electrons. The van der Waals surface area contributed by atoms with E-state index in [2.05, 4.69) is 10.3 Å². The van der Waals surface area contributed by atoms with Gasteiger partial charge in [0.25, 0.3) is 5.56 Å². The second-order valence-electron chi connectivity index (χ2n) is 7.09. The fourth-order valence-corrected chi connectivity index (χ4v) is 3.94. The van der Waals surface area contributed by atoms with E-state index in [1.165, 1.54) is 20.3 Å². The van der Waals surface area contributed by atoms with Crippen molar-refractivity contribution in [1.29, 1.82) is 0 Å². The van der Waals surface area contributed by atoms with E-state index in [1.54, 1.807) is 23.6 Å². The Morgan fingerprint density at radius 1 is 1.13 bits per heavy atom. The highest BCUT2D eigenvalue weighted by Crippen LogP contribution is 2.36. The van der Waals surface area contributed by atoms with Crippen LogP contribution < -0.4 is 20.3 Å². The van der Waals surface area contributed by atoms with Gasteiger partial charge in [0, 0.05) is 23.2 Å². The number of carbonyl (C=O) groups excluding carboxylic acids is 1. The van der Waals surface area contributed by atoms with E-state index in [0.29, 0.717) is 33.6 Å². The highest BCUT2D eigenvalue weighted by molar-refractivity contribution is 6.32. The number of aromatic nitrogens is 3. The summed E-state index contributed by atoms with van der Waals surface area (Å²) in [4.78, 5) is 29.4. The molecule has 31 heavy (non-hydrogen) atoms. The van der Waals surface area contributed by atoms with Crippen molar-refractivity contribution in [3.63, 3.8) is 0 Å². The van der Waals surface area contributed by atoms with E-state index in [0.717, 1.165) is 10.9 Å². The first-order valence-electron chi connectivity index (χ1n) is 9.57. The maximum atomic E-state index is 13.3. The lowest BCUT2D eigenvalue weighted by molar-refractivity contribution is -0.119. The summed E-state index contributed by atoms with van der Waals surface area (Å²) in [7, 11) is 3.00. The normalized spacial score (nSPS) is 12.2. The van der Waals surface area contributed by atoms with Crippen LogP contribution in [0.5, 0.6) is 11.5 Å². The smallest absolute Gasteiger partial charge is 0.273 e. The minimum Gasteiger partial charge on any atom is -0.495 e. The van der Waals surface area contributed by atoms with Crippen molar-refractivity contribution in [2.75, 3.05) is 19.5 Å². The molecule has 4 aromatic rings. The number of para-hydroxylation sites is 1. The van der Waals surface area contributed by atoms with Crippen molar-refractivity contribution >= 4 is 39.7 Å². The minimum atomic E-state index is -0.643. The Morgan fingerprint density at radius 2 is 1.84 bits per heavy atom. The number of rotatable bonds is 5. The van der Waals surface area contributed by atoms with Crippen LogP contribution in [-0.4, -0.2) is 34.3 Å². The van der Waals surface area contributed by atoms with Crippen molar-refractivity contribution in [3.8, 4) is 11.5 Å². The van der Waals surface area contributed by atoms with Crippen molar-refractivity contribution in [2.24, 2.45) is 0 Å². The van der Waals surface area contributed by atoms with E-state index in [-0.39, 0.29) is 11.5 Å². The van der Waals surface area contributed by atoms with Gasteiger partial charge in [-0.2, -0.15) is 4.98 Å². The quantitative estimate of drug-likeness (QED) is 0.509. The first kappa shape index (κ1) is 20.7. The van der Waals surface area contributed by atoms with E-state index >= 15 is 0 Å². The van der Waals surface area contributed by atoms with Gasteiger partial charge in [0.15, 0.2) is 5.65 Å². The minimum absolute atomic E-state index is 0.291. The Labute approximate surface area is 182 Å². The number of nitrogens with one attached hydrogen (secondary N) is 1. The molecule has 0 spiro atoms. The van der Waals surface area contributed by atoms with Crippen molar-refractivity contribution in [3.05, 3.63) is 63.5 Å². The van der Waals surface area contributed by atoms with Gasteiger partial charge in [-0.1, -0.05) is 23.7 Å². The molecular weight excluding hydrogens is 420 g/mol. The van der Waals surface area contributed by atoms with Crippen LogP contribution in [0, 0.1) is 6.92 Å². The van der Waals surface area contributed by atoms with Gasteiger partial charge in [0.1, 0.15) is 17.5 Å². The van der Waals surface area contributed by atoms with Crippen LogP contribution in [-0.2, 0) is 4.79 Å². The molecule has 0 saturated heterocycles. The number of hydrogen-bond acceptors (Lipinski definition) is 5. The molecule has 1 amide bonds. The van der Waals surface area contributed by atoms with Gasteiger partial charge in [-0.15, -0.1) is 0 Å². The molecular formula is C22H21ClN4O4. The van der Waals surface area contributed by atoms with Gasteiger partial charge in [0.05, 0.1) is 30.4 Å². The molecule has 0 saturated carbocycles. The lowest BCUT2D eigenvalue weighted by atomic mass is 10.2. The standard InChI is InChI=1S/C22H21ClN4O4/c1-12-9-20(28)25-21-14-7-5-6-8-17(14)27(26(12)21)13(2)22(29)24-16-10-15(23)18(30-3)11-19(16)31-4/h5-11,13H,1-4H3,(H,24,29)/t13-/m0/s1. The predicted octanol–water partition coefficient (Wildman–Crippen LogP) is 3.83. The lowest BCUT2D eigenvalue weighted by Crippen LogP contribution is -2.27. The average Bonchev–Trinajstić information content (AvgIpc) is 3.08. The Morgan fingerprint density at radius 3 is 2.55 bits per heavy atom. The number of benzene rings is 2. The molecule has 2 aromatic carbocycles. The third kappa shape index (κ3) is 3.48. The highest BCUT2D eigenvalue weighted by Gasteiger charge is 2.23. The van der Waals surface area contributed by atoms with Crippen molar-refractivity contribution < 1.29 is 14.3 Å². The number of carbonyl (C=O) groups is 1. The summed E-state index contributed by atoms with van der Waals surface area (Å²) in [5.74, 6) is 0.573. The van der Waals surface area contributed by atoms with E-state index in [4.69, 9.17) is 21.1 Å². The molecule has 2 aromatic heterocycles. The number of ether oxygens (including phenoxy) is 2. The first-order chi connectivity index (χ1) is 14.8. The van der Waals surface area contributed by atoms with E-state index < -0.39 is 6.04 Å². The topological polar surface area (TPSA) is 86.9 Å². The molecule has 0 unspecified atom stereocenters. The highest BCUT2D eigenvalue weighted by atomic mass is 35.5. The fourth-order valence-electron chi connectivity index (χ4n) is 3.70. The molecule has 0 bridgehead atoms. The number of anilines is 1. The maximum Gasteiger partial charge on any atom is 0.273 e. The van der Waals surface area contributed by atoms with Crippen molar-refractivity contribution in [1.82, 2.24) is 14.2 Å². The molecule has 0 aliphatic carbocycles. The van der Waals surface area contributed by atoms with Crippen LogP contribution in [0.2, 0.25) is 5.02 Å². The van der Waals surface area contributed by atoms with Crippen LogP contribution in [0.1, 0.15) is 18.7 Å². The fraction of sp³-hybridized carbons (Fsp3) is 0.227. The maximum absolute atomic E-state index is 13.3. The number of amides is 1. The van der Waals surface area contributed by atoms with Gasteiger partial charge in [-0.25, -0.2) is 4.52 Å². The van der Waals surface area contributed by atoms with Crippen LogP contribution in [0.3, 0.4) is 0 Å². The summed E-state index contributed by atoms with van der Waals surface area (Å²) in [5.41, 5.74) is 2.06. The van der Waals surface area contributed by atoms with E-state index in [9.17, 15) is 9.59 Å². The molecule has 0 aliphatic heterocycles. The van der Waals surface area contributed by atoms with Crippen LogP contribution in [0.25, 0.3) is 16.6 Å². The number of hydrogen-bond donors (Lipinski definition) is 1. The number of methoxy groups -OCH3 is 2. The Bertz CT molecular complexity index is 1380. The third-order valence-corrected chi connectivity index (χ3v) is 5.46. The molecule has 4 rings (SSSR count). The summed E-state index contributed by atoms with van der Waals surface area (Å²) in [5, 5.41) is 4.01. The molecule has 8 nitrogen and oxygen atoms in total. The van der Waals surface area contributed by atoms with Gasteiger partial charge in [0.2, 0.25) is 5.91 Å². The molecule has 1 atom stereocenters. The number of halogens is 1. The molecule has 9 heteroatoms. The van der Waals surface area contributed by atoms with E-state index in [1.807, 2.05) is 35.9 Å². The monoisotopic (exact) mass is 440 g/mol. The third-order valence-electron chi connectivity index (χ3n) is 5.17. The Balaban J connectivity index is 1.82. The van der Waals surface area contributed by atoms with Gasteiger partial charge < -0.3 is 14.8 Å². The van der Waals surface area contributed by atoms with Crippen LogP contribution in [0.15, 0.2) is 47.3 Å². The number of nitrogens with zero attached hydrogens (tertiary/aromatic N) is 3. The largest absolute Gasteiger partial charge is 0.495 e. The van der Waals surface area contributed by atoms with Gasteiger partial charge in [-0.3, -0.25) is 14.3 Å².